The van der Waals surface area contributed by atoms with Crippen LogP contribution in [-0.4, -0.2) is 72.0 Å². The molecule has 0 saturated carbocycles. The summed E-state index contributed by atoms with van der Waals surface area (Å²) in [6, 6.07) is 0.843. The molecule has 4 nitrogen and oxygen atoms in total. The lowest BCUT2D eigenvalue weighted by Gasteiger charge is -2.40. The molecule has 0 bridgehead atoms. The third-order valence-corrected chi connectivity index (χ3v) is 4.97. The van der Waals surface area contributed by atoms with Gasteiger partial charge in [0.05, 0.1) is 6.54 Å². The van der Waals surface area contributed by atoms with Gasteiger partial charge in [0.2, 0.25) is 5.91 Å². The van der Waals surface area contributed by atoms with E-state index >= 15 is 0 Å². The monoisotopic (exact) mass is 281 g/mol. The van der Waals surface area contributed by atoms with Gasteiger partial charge < -0.3 is 9.80 Å². The predicted octanol–water partition coefficient (Wildman–Crippen LogP) is 1.80. The fourth-order valence-electron chi connectivity index (χ4n) is 3.68. The fourth-order valence-corrected chi connectivity index (χ4v) is 3.68. The molecule has 2 fully saturated rings. The standard InChI is InChI=1S/C16H31N3O/c1-4-17-9-6-10-18(12-11-17)13-16(20)19-14(2)7-5-8-15(19)3/h14-15H,4-13H2,1-3H3/t14-,15-/m1/s1. The highest BCUT2D eigenvalue weighted by molar-refractivity contribution is 5.79. The van der Waals surface area contributed by atoms with Gasteiger partial charge in [-0.25, -0.2) is 0 Å². The van der Waals surface area contributed by atoms with Crippen molar-refractivity contribution in [2.45, 2.75) is 58.5 Å². The van der Waals surface area contributed by atoms with E-state index in [4.69, 9.17) is 0 Å². The minimum Gasteiger partial charge on any atom is -0.336 e. The van der Waals surface area contributed by atoms with Crippen molar-refractivity contribution in [1.82, 2.24) is 14.7 Å². The van der Waals surface area contributed by atoms with E-state index in [0.29, 0.717) is 24.5 Å². The molecule has 0 aromatic carbocycles. The lowest BCUT2D eigenvalue weighted by Crippen LogP contribution is -2.51. The maximum Gasteiger partial charge on any atom is 0.237 e. The Bertz CT molecular complexity index is 311. The number of amides is 1. The van der Waals surface area contributed by atoms with Crippen LogP contribution in [0.25, 0.3) is 0 Å². The molecule has 116 valence electrons. The van der Waals surface area contributed by atoms with Crippen molar-refractivity contribution >= 4 is 5.91 Å². The van der Waals surface area contributed by atoms with Gasteiger partial charge >= 0.3 is 0 Å². The summed E-state index contributed by atoms with van der Waals surface area (Å²) in [5.74, 6) is 0.342. The summed E-state index contributed by atoms with van der Waals surface area (Å²) in [6.07, 6.45) is 4.78. The molecule has 2 atom stereocenters. The van der Waals surface area contributed by atoms with E-state index in [0.717, 1.165) is 26.2 Å². The molecule has 2 aliphatic heterocycles. The molecule has 2 aliphatic rings. The van der Waals surface area contributed by atoms with E-state index in [1.54, 1.807) is 0 Å². The number of hydrogen-bond acceptors (Lipinski definition) is 3. The average molecular weight is 281 g/mol. The Kier molecular flexibility index (Phi) is 5.85. The molecule has 2 rings (SSSR count). The average Bonchev–Trinajstić information content (AvgIpc) is 2.63. The third kappa shape index (κ3) is 3.95. The molecule has 0 N–H and O–H groups in total. The lowest BCUT2D eigenvalue weighted by molar-refractivity contribution is -0.138. The number of likely N-dealkylation sites (tertiary alicyclic amines) is 1. The maximum atomic E-state index is 12.6. The molecule has 0 spiro atoms. The number of carbonyl (C=O) groups excluding carboxylic acids is 1. The van der Waals surface area contributed by atoms with Crippen molar-refractivity contribution in [2.75, 3.05) is 39.3 Å². The summed E-state index contributed by atoms with van der Waals surface area (Å²) in [5, 5.41) is 0. The second-order valence-corrected chi connectivity index (χ2v) is 6.49. The minimum absolute atomic E-state index is 0.342. The van der Waals surface area contributed by atoms with Crippen molar-refractivity contribution < 1.29 is 4.79 Å². The number of piperidine rings is 1. The first-order valence-electron chi connectivity index (χ1n) is 8.37. The largest absolute Gasteiger partial charge is 0.336 e. The number of nitrogens with zero attached hydrogens (tertiary/aromatic N) is 3. The van der Waals surface area contributed by atoms with Crippen LogP contribution >= 0.6 is 0 Å². The zero-order chi connectivity index (χ0) is 14.5. The molecule has 0 radical (unpaired) electrons. The Hall–Kier alpha value is -0.610. The summed E-state index contributed by atoms with van der Waals surface area (Å²) >= 11 is 0. The summed E-state index contributed by atoms with van der Waals surface area (Å²) in [7, 11) is 0. The van der Waals surface area contributed by atoms with Gasteiger partial charge in [-0.2, -0.15) is 0 Å². The summed E-state index contributed by atoms with van der Waals surface area (Å²) in [5.41, 5.74) is 0. The molecule has 1 amide bonds. The van der Waals surface area contributed by atoms with Crippen molar-refractivity contribution in [3.63, 3.8) is 0 Å². The Labute approximate surface area is 124 Å². The first-order chi connectivity index (χ1) is 9.61. The van der Waals surface area contributed by atoms with Crippen LogP contribution in [0, 0.1) is 0 Å². The molecular formula is C16H31N3O. The van der Waals surface area contributed by atoms with Crippen molar-refractivity contribution in [3.8, 4) is 0 Å². The highest BCUT2D eigenvalue weighted by Gasteiger charge is 2.29. The summed E-state index contributed by atoms with van der Waals surface area (Å²) < 4.78 is 0. The van der Waals surface area contributed by atoms with Gasteiger partial charge in [-0.15, -0.1) is 0 Å². The first kappa shape index (κ1) is 15.8. The number of carbonyl (C=O) groups is 1. The Morgan fingerprint density at radius 3 is 2.20 bits per heavy atom. The van der Waals surface area contributed by atoms with Crippen LogP contribution in [0.1, 0.15) is 46.5 Å². The fraction of sp³-hybridized carbons (Fsp3) is 0.938. The van der Waals surface area contributed by atoms with Crippen LogP contribution in [0.4, 0.5) is 0 Å². The lowest BCUT2D eigenvalue weighted by atomic mass is 9.97. The van der Waals surface area contributed by atoms with Gasteiger partial charge in [-0.3, -0.25) is 9.69 Å². The van der Waals surface area contributed by atoms with Gasteiger partial charge in [0.25, 0.3) is 0 Å². The maximum absolute atomic E-state index is 12.6. The molecular weight excluding hydrogens is 250 g/mol. The first-order valence-corrected chi connectivity index (χ1v) is 8.37. The van der Waals surface area contributed by atoms with Gasteiger partial charge in [-0.05, 0) is 59.2 Å². The van der Waals surface area contributed by atoms with Gasteiger partial charge in [0, 0.05) is 25.2 Å². The molecule has 0 aliphatic carbocycles. The van der Waals surface area contributed by atoms with Crippen molar-refractivity contribution in [3.05, 3.63) is 0 Å². The van der Waals surface area contributed by atoms with Crippen molar-refractivity contribution in [1.29, 1.82) is 0 Å². The van der Waals surface area contributed by atoms with E-state index in [1.807, 2.05) is 0 Å². The van der Waals surface area contributed by atoms with Crippen LogP contribution in [0.3, 0.4) is 0 Å². The van der Waals surface area contributed by atoms with Crippen molar-refractivity contribution in [2.24, 2.45) is 0 Å². The Balaban J connectivity index is 1.87. The highest BCUT2D eigenvalue weighted by atomic mass is 16.2. The van der Waals surface area contributed by atoms with Gasteiger partial charge in [0.1, 0.15) is 0 Å². The molecule has 2 saturated heterocycles. The molecule has 2 heterocycles. The normalized spacial score (nSPS) is 30.2. The molecule has 4 heteroatoms. The number of rotatable bonds is 3. The quantitative estimate of drug-likeness (QED) is 0.789. The topological polar surface area (TPSA) is 26.8 Å². The Morgan fingerprint density at radius 1 is 0.950 bits per heavy atom. The zero-order valence-corrected chi connectivity index (χ0v) is 13.5. The summed E-state index contributed by atoms with van der Waals surface area (Å²) in [4.78, 5) is 19.6. The SMILES string of the molecule is CCN1CCCN(CC(=O)N2[C@H](C)CCC[C@H]2C)CC1. The molecule has 20 heavy (non-hydrogen) atoms. The van der Waals surface area contributed by atoms with Crippen LogP contribution in [-0.2, 0) is 4.79 Å². The molecule has 0 aromatic rings. The summed E-state index contributed by atoms with van der Waals surface area (Å²) in [6.45, 7) is 12.8. The van der Waals surface area contributed by atoms with E-state index in [1.165, 1.54) is 32.2 Å². The van der Waals surface area contributed by atoms with Crippen LogP contribution < -0.4 is 0 Å². The van der Waals surface area contributed by atoms with E-state index in [-0.39, 0.29) is 0 Å². The van der Waals surface area contributed by atoms with Crippen LogP contribution in [0.15, 0.2) is 0 Å². The Morgan fingerprint density at radius 2 is 1.55 bits per heavy atom. The smallest absolute Gasteiger partial charge is 0.237 e. The number of likely N-dealkylation sites (N-methyl/N-ethyl adjacent to an activating group) is 1. The third-order valence-electron chi connectivity index (χ3n) is 4.97. The van der Waals surface area contributed by atoms with Gasteiger partial charge in [0.15, 0.2) is 0 Å². The number of hydrogen-bond donors (Lipinski definition) is 0. The second-order valence-electron chi connectivity index (χ2n) is 6.49. The molecule has 0 unspecified atom stereocenters. The zero-order valence-electron chi connectivity index (χ0n) is 13.5. The van der Waals surface area contributed by atoms with E-state index < -0.39 is 0 Å². The van der Waals surface area contributed by atoms with E-state index in [9.17, 15) is 4.79 Å². The highest BCUT2D eigenvalue weighted by Crippen LogP contribution is 2.22. The second kappa shape index (κ2) is 7.41. The predicted molar refractivity (Wildman–Crippen MR) is 82.8 cm³/mol. The molecule has 0 aromatic heterocycles. The van der Waals surface area contributed by atoms with Gasteiger partial charge in [-0.1, -0.05) is 6.92 Å². The minimum atomic E-state index is 0.342. The van der Waals surface area contributed by atoms with E-state index in [2.05, 4.69) is 35.5 Å². The van der Waals surface area contributed by atoms with Crippen LogP contribution in [0.2, 0.25) is 0 Å². The van der Waals surface area contributed by atoms with Crippen LogP contribution in [0.5, 0.6) is 0 Å².